The molecule has 3 heterocycles. The Morgan fingerprint density at radius 2 is 1.89 bits per heavy atom. The van der Waals surface area contributed by atoms with Gasteiger partial charge in [0, 0.05) is 18.8 Å². The molecule has 0 aromatic carbocycles. The molecule has 0 bridgehead atoms. The summed E-state index contributed by atoms with van der Waals surface area (Å²) in [5.74, 6) is 1.11. The molecule has 1 saturated heterocycles. The maximum Gasteiger partial charge on any atom is 0.134 e. The number of nitrogens with zero attached hydrogens (tertiary/aromatic N) is 1. The smallest absolute Gasteiger partial charge is 0.134 e. The van der Waals surface area contributed by atoms with E-state index in [-0.39, 0.29) is 30.2 Å². The predicted molar refractivity (Wildman–Crippen MR) is 81.0 cm³/mol. The van der Waals surface area contributed by atoms with Gasteiger partial charge in [0.05, 0.1) is 17.7 Å². The molecule has 0 radical (unpaired) electrons. The Bertz CT molecular complexity index is 569. The van der Waals surface area contributed by atoms with Crippen molar-refractivity contribution >= 4 is 24.8 Å². The quantitative estimate of drug-likeness (QED) is 0.673. The summed E-state index contributed by atoms with van der Waals surface area (Å²) in [4.78, 5) is 2.15. The zero-order chi connectivity index (χ0) is 11.3. The van der Waals surface area contributed by atoms with Gasteiger partial charge in [0.15, 0.2) is 0 Å². The van der Waals surface area contributed by atoms with Gasteiger partial charge in [0.2, 0.25) is 0 Å². The number of ether oxygens (including phenoxy) is 1. The Labute approximate surface area is 125 Å². The molecule has 1 aliphatic carbocycles. The van der Waals surface area contributed by atoms with Crippen molar-refractivity contribution in [2.75, 3.05) is 6.61 Å². The summed E-state index contributed by atoms with van der Waals surface area (Å²) in [6.45, 7) is 0.805. The minimum atomic E-state index is -0.00387. The molecule has 0 aromatic heterocycles. The standard InChI is InChI=1S/C15H13NO.2ClH/c1-3-7-15-8-10-17-14(15)13-6-2-4-9-16(13)11-12(15)5-1;;/h1-7,9,11H,8,10H2;2*1H. The van der Waals surface area contributed by atoms with Gasteiger partial charge in [-0.3, -0.25) is 0 Å². The highest BCUT2D eigenvalue weighted by Gasteiger charge is 2.46. The third kappa shape index (κ3) is 1.78. The number of hydrogen-bond acceptors (Lipinski definition) is 2. The van der Waals surface area contributed by atoms with Crippen LogP contribution in [0.4, 0.5) is 0 Å². The highest BCUT2D eigenvalue weighted by atomic mass is 35.5. The molecule has 2 nitrogen and oxygen atoms in total. The van der Waals surface area contributed by atoms with Crippen LogP contribution in [0, 0.1) is 5.41 Å². The van der Waals surface area contributed by atoms with Crippen molar-refractivity contribution in [1.29, 1.82) is 0 Å². The second-order valence-corrected chi connectivity index (χ2v) is 4.69. The average Bonchev–Trinajstić information content (AvgIpc) is 2.80. The van der Waals surface area contributed by atoms with Crippen molar-refractivity contribution in [2.24, 2.45) is 5.41 Å². The van der Waals surface area contributed by atoms with Crippen molar-refractivity contribution in [1.82, 2.24) is 4.90 Å². The lowest BCUT2D eigenvalue weighted by molar-refractivity contribution is 0.242. The number of rotatable bonds is 0. The van der Waals surface area contributed by atoms with Crippen LogP contribution in [0.25, 0.3) is 0 Å². The molecule has 0 aromatic rings. The zero-order valence-corrected chi connectivity index (χ0v) is 11.9. The first-order valence-electron chi connectivity index (χ1n) is 5.99. The van der Waals surface area contributed by atoms with Gasteiger partial charge in [0.25, 0.3) is 0 Å². The van der Waals surface area contributed by atoms with Gasteiger partial charge in [-0.05, 0) is 17.7 Å². The van der Waals surface area contributed by atoms with Crippen LogP contribution < -0.4 is 0 Å². The molecule has 1 fully saturated rings. The van der Waals surface area contributed by atoms with Crippen LogP contribution in [0.15, 0.2) is 72.0 Å². The summed E-state index contributed by atoms with van der Waals surface area (Å²) in [6, 6.07) is 0. The number of fused-ring (bicyclic) bond motifs is 1. The average molecular weight is 296 g/mol. The molecule has 0 amide bonds. The maximum absolute atomic E-state index is 5.91. The van der Waals surface area contributed by atoms with Gasteiger partial charge in [-0.2, -0.15) is 0 Å². The zero-order valence-electron chi connectivity index (χ0n) is 10.3. The lowest BCUT2D eigenvalue weighted by Crippen LogP contribution is -2.30. The second-order valence-electron chi connectivity index (χ2n) is 4.69. The van der Waals surface area contributed by atoms with Crippen LogP contribution >= 0.6 is 24.8 Å². The van der Waals surface area contributed by atoms with Crippen LogP contribution in [0.2, 0.25) is 0 Å². The molecule has 19 heavy (non-hydrogen) atoms. The molecule has 1 spiro atoms. The molecule has 1 unspecified atom stereocenters. The first-order valence-corrected chi connectivity index (χ1v) is 5.99. The normalized spacial score (nSPS) is 28.6. The Balaban J connectivity index is 0.000000667. The number of halogens is 2. The van der Waals surface area contributed by atoms with Crippen molar-refractivity contribution in [3.8, 4) is 0 Å². The fraction of sp³-hybridized carbons (Fsp3) is 0.200. The highest BCUT2D eigenvalue weighted by molar-refractivity contribution is 5.85. The van der Waals surface area contributed by atoms with E-state index in [4.69, 9.17) is 4.74 Å². The molecule has 4 aliphatic rings. The van der Waals surface area contributed by atoms with Gasteiger partial charge in [-0.15, -0.1) is 24.8 Å². The summed E-state index contributed by atoms with van der Waals surface area (Å²) in [7, 11) is 0. The van der Waals surface area contributed by atoms with Gasteiger partial charge >= 0.3 is 0 Å². The van der Waals surface area contributed by atoms with Gasteiger partial charge in [-0.1, -0.05) is 30.4 Å². The lowest BCUT2D eigenvalue weighted by atomic mass is 9.72. The molecule has 0 N–H and O–H groups in total. The van der Waals surface area contributed by atoms with Crippen molar-refractivity contribution in [2.45, 2.75) is 6.42 Å². The Morgan fingerprint density at radius 1 is 1.05 bits per heavy atom. The van der Waals surface area contributed by atoms with Crippen LogP contribution in [0.5, 0.6) is 0 Å². The van der Waals surface area contributed by atoms with Crippen LogP contribution in [-0.4, -0.2) is 11.5 Å². The molecular weight excluding hydrogens is 281 g/mol. The summed E-state index contributed by atoms with van der Waals surface area (Å²) in [5, 5.41) is 0. The maximum atomic E-state index is 5.91. The number of hydrogen-bond donors (Lipinski definition) is 0. The molecule has 100 valence electrons. The summed E-state index contributed by atoms with van der Waals surface area (Å²) in [6.07, 6.45) is 20.3. The summed E-state index contributed by atoms with van der Waals surface area (Å²) < 4.78 is 5.91. The minimum Gasteiger partial charge on any atom is -0.494 e. The van der Waals surface area contributed by atoms with Crippen molar-refractivity contribution < 1.29 is 4.74 Å². The van der Waals surface area contributed by atoms with Gasteiger partial charge in [-0.25, -0.2) is 0 Å². The van der Waals surface area contributed by atoms with Crippen LogP contribution in [0.3, 0.4) is 0 Å². The fourth-order valence-electron chi connectivity index (χ4n) is 2.99. The van der Waals surface area contributed by atoms with Crippen LogP contribution in [-0.2, 0) is 4.74 Å². The fourth-order valence-corrected chi connectivity index (χ4v) is 2.99. The molecule has 3 aliphatic heterocycles. The van der Waals surface area contributed by atoms with E-state index in [1.807, 2.05) is 6.08 Å². The SMILES string of the molecule is C1=CC2=CN3C=CC=CC3=C3OCCC23C=C1.Cl.Cl. The topological polar surface area (TPSA) is 12.5 Å². The third-order valence-electron chi connectivity index (χ3n) is 3.83. The van der Waals surface area contributed by atoms with E-state index >= 15 is 0 Å². The molecule has 4 heteroatoms. The van der Waals surface area contributed by atoms with E-state index in [0.29, 0.717) is 0 Å². The van der Waals surface area contributed by atoms with Crippen molar-refractivity contribution in [3.63, 3.8) is 0 Å². The molecule has 1 atom stereocenters. The predicted octanol–water partition coefficient (Wildman–Crippen LogP) is 3.86. The summed E-state index contributed by atoms with van der Waals surface area (Å²) in [5.41, 5.74) is 2.50. The third-order valence-corrected chi connectivity index (χ3v) is 3.83. The van der Waals surface area contributed by atoms with E-state index in [1.165, 1.54) is 11.3 Å². The second kappa shape index (κ2) is 4.95. The van der Waals surface area contributed by atoms with E-state index in [9.17, 15) is 0 Å². The molecular formula is C15H15Cl2NO. The van der Waals surface area contributed by atoms with E-state index in [2.05, 4.69) is 53.8 Å². The Morgan fingerprint density at radius 3 is 2.79 bits per heavy atom. The lowest BCUT2D eigenvalue weighted by Gasteiger charge is -2.37. The van der Waals surface area contributed by atoms with Gasteiger partial charge < -0.3 is 9.64 Å². The van der Waals surface area contributed by atoms with Gasteiger partial charge in [0.1, 0.15) is 5.76 Å². The van der Waals surface area contributed by atoms with E-state index in [1.54, 1.807) is 0 Å². The molecule has 0 saturated carbocycles. The van der Waals surface area contributed by atoms with Crippen LogP contribution in [0.1, 0.15) is 6.42 Å². The monoisotopic (exact) mass is 295 g/mol. The number of allylic oxidation sites excluding steroid dienone is 7. The highest BCUT2D eigenvalue weighted by Crippen LogP contribution is 2.52. The van der Waals surface area contributed by atoms with Crippen molar-refractivity contribution in [3.05, 3.63) is 72.0 Å². The largest absolute Gasteiger partial charge is 0.494 e. The Hall–Kier alpha value is -1.38. The van der Waals surface area contributed by atoms with E-state index in [0.717, 1.165) is 18.8 Å². The first-order chi connectivity index (χ1) is 8.40. The Kier molecular flexibility index (Phi) is 3.66. The first kappa shape index (κ1) is 14.0. The van der Waals surface area contributed by atoms with E-state index < -0.39 is 0 Å². The minimum absolute atomic E-state index is 0. The molecule has 4 rings (SSSR count). The summed E-state index contributed by atoms with van der Waals surface area (Å²) >= 11 is 0.